The molecular weight excluding hydrogens is 270 g/mol. The number of hydrogen-bond acceptors (Lipinski definition) is 3. The number of carbonyl (C=O) groups excluding carboxylic acids is 1. The Kier molecular flexibility index (Phi) is 5.77. The SMILES string of the molecule is Cc1ccc(C)c(OCCSCC(=O)NCC2CC2)c1. The average molecular weight is 293 g/mol. The minimum Gasteiger partial charge on any atom is -0.492 e. The molecule has 1 saturated carbocycles. The van der Waals surface area contributed by atoms with Crippen molar-refractivity contribution in [3.05, 3.63) is 29.3 Å². The maximum Gasteiger partial charge on any atom is 0.230 e. The summed E-state index contributed by atoms with van der Waals surface area (Å²) in [7, 11) is 0. The molecular formula is C16H23NO2S. The fourth-order valence-electron chi connectivity index (χ4n) is 1.87. The van der Waals surface area contributed by atoms with Gasteiger partial charge >= 0.3 is 0 Å². The molecule has 0 bridgehead atoms. The first-order chi connectivity index (χ1) is 9.65. The summed E-state index contributed by atoms with van der Waals surface area (Å²) in [6, 6.07) is 6.21. The molecule has 1 aromatic rings. The Morgan fingerprint density at radius 2 is 2.20 bits per heavy atom. The van der Waals surface area contributed by atoms with Crippen LogP contribution in [0.5, 0.6) is 5.75 Å². The second-order valence-electron chi connectivity index (χ2n) is 5.42. The number of thioether (sulfide) groups is 1. The molecule has 3 nitrogen and oxygen atoms in total. The van der Waals surface area contributed by atoms with Gasteiger partial charge in [0, 0.05) is 12.3 Å². The quantitative estimate of drug-likeness (QED) is 0.749. The van der Waals surface area contributed by atoms with Crippen molar-refractivity contribution in [2.75, 3.05) is 24.7 Å². The molecule has 1 aliphatic rings. The molecule has 0 heterocycles. The molecule has 4 heteroatoms. The third-order valence-corrected chi connectivity index (χ3v) is 4.27. The Bertz CT molecular complexity index is 458. The zero-order valence-corrected chi connectivity index (χ0v) is 13.1. The Morgan fingerprint density at radius 3 is 2.95 bits per heavy atom. The van der Waals surface area contributed by atoms with Gasteiger partial charge in [-0.15, -0.1) is 11.8 Å². The van der Waals surface area contributed by atoms with E-state index >= 15 is 0 Å². The minimum atomic E-state index is 0.147. The Labute approximate surface area is 125 Å². The van der Waals surface area contributed by atoms with Gasteiger partial charge in [-0.1, -0.05) is 12.1 Å². The molecule has 0 aliphatic heterocycles. The van der Waals surface area contributed by atoms with Crippen molar-refractivity contribution in [3.8, 4) is 5.75 Å². The van der Waals surface area contributed by atoms with Crippen molar-refractivity contribution >= 4 is 17.7 Å². The number of amides is 1. The van der Waals surface area contributed by atoms with Crippen LogP contribution in [-0.2, 0) is 4.79 Å². The summed E-state index contributed by atoms with van der Waals surface area (Å²) in [5, 5.41) is 2.97. The summed E-state index contributed by atoms with van der Waals surface area (Å²) >= 11 is 1.63. The maximum atomic E-state index is 11.5. The molecule has 2 rings (SSSR count). The van der Waals surface area contributed by atoms with E-state index in [-0.39, 0.29) is 5.91 Å². The first kappa shape index (κ1) is 15.2. The van der Waals surface area contributed by atoms with E-state index in [0.717, 1.165) is 29.5 Å². The highest BCUT2D eigenvalue weighted by atomic mass is 32.2. The van der Waals surface area contributed by atoms with Crippen LogP contribution >= 0.6 is 11.8 Å². The van der Waals surface area contributed by atoms with Crippen LogP contribution in [0.15, 0.2) is 18.2 Å². The number of benzene rings is 1. The fourth-order valence-corrected chi connectivity index (χ4v) is 2.50. The van der Waals surface area contributed by atoms with Gasteiger partial charge in [0.2, 0.25) is 5.91 Å². The Hall–Kier alpha value is -1.16. The van der Waals surface area contributed by atoms with Crippen molar-refractivity contribution in [1.82, 2.24) is 5.32 Å². The molecule has 0 spiro atoms. The number of ether oxygens (including phenoxy) is 1. The third kappa shape index (κ3) is 5.45. The molecule has 20 heavy (non-hydrogen) atoms. The molecule has 0 saturated heterocycles. The van der Waals surface area contributed by atoms with Gasteiger partial charge in [-0.25, -0.2) is 0 Å². The zero-order chi connectivity index (χ0) is 14.4. The standard InChI is InChI=1S/C16H23NO2S/c1-12-3-4-13(2)15(9-12)19-7-8-20-11-16(18)17-10-14-5-6-14/h3-4,9,14H,5-8,10-11H2,1-2H3,(H,17,18). The summed E-state index contributed by atoms with van der Waals surface area (Å²) in [5.41, 5.74) is 2.36. The van der Waals surface area contributed by atoms with E-state index < -0.39 is 0 Å². The molecule has 1 aliphatic carbocycles. The Morgan fingerprint density at radius 1 is 1.40 bits per heavy atom. The van der Waals surface area contributed by atoms with Crippen LogP contribution in [0.25, 0.3) is 0 Å². The molecule has 0 radical (unpaired) electrons. The fraction of sp³-hybridized carbons (Fsp3) is 0.562. The van der Waals surface area contributed by atoms with Crippen LogP contribution in [-0.4, -0.2) is 30.6 Å². The topological polar surface area (TPSA) is 38.3 Å². The normalized spacial score (nSPS) is 14.1. The van der Waals surface area contributed by atoms with E-state index in [2.05, 4.69) is 30.4 Å². The highest BCUT2D eigenvalue weighted by Crippen LogP contribution is 2.27. The molecule has 1 amide bonds. The molecule has 1 N–H and O–H groups in total. The monoisotopic (exact) mass is 293 g/mol. The van der Waals surface area contributed by atoms with Crippen LogP contribution in [0, 0.1) is 19.8 Å². The first-order valence-corrected chi connectivity index (χ1v) is 8.35. The molecule has 0 aromatic heterocycles. The number of hydrogen-bond donors (Lipinski definition) is 1. The summed E-state index contributed by atoms with van der Waals surface area (Å²) in [5.74, 6) is 3.21. The zero-order valence-electron chi connectivity index (χ0n) is 12.3. The van der Waals surface area contributed by atoms with Crippen LogP contribution in [0.1, 0.15) is 24.0 Å². The molecule has 1 aromatic carbocycles. The molecule has 0 unspecified atom stereocenters. The van der Waals surface area contributed by atoms with Crippen molar-refractivity contribution in [3.63, 3.8) is 0 Å². The summed E-state index contributed by atoms with van der Waals surface area (Å²) in [6.07, 6.45) is 2.55. The van der Waals surface area contributed by atoms with Gasteiger partial charge in [-0.3, -0.25) is 4.79 Å². The number of rotatable bonds is 8. The van der Waals surface area contributed by atoms with Crippen LogP contribution in [0.4, 0.5) is 0 Å². The van der Waals surface area contributed by atoms with E-state index in [1.54, 1.807) is 11.8 Å². The third-order valence-electron chi connectivity index (χ3n) is 3.35. The first-order valence-electron chi connectivity index (χ1n) is 7.19. The molecule has 0 atom stereocenters. The smallest absolute Gasteiger partial charge is 0.230 e. The van der Waals surface area contributed by atoms with Gasteiger partial charge in [0.05, 0.1) is 12.4 Å². The van der Waals surface area contributed by atoms with E-state index in [4.69, 9.17) is 4.74 Å². The lowest BCUT2D eigenvalue weighted by Crippen LogP contribution is -2.27. The lowest BCUT2D eigenvalue weighted by molar-refractivity contribution is -0.118. The summed E-state index contributed by atoms with van der Waals surface area (Å²) < 4.78 is 5.76. The van der Waals surface area contributed by atoms with Gasteiger partial charge in [0.25, 0.3) is 0 Å². The van der Waals surface area contributed by atoms with E-state index in [1.807, 2.05) is 6.92 Å². The van der Waals surface area contributed by atoms with E-state index in [1.165, 1.54) is 18.4 Å². The van der Waals surface area contributed by atoms with E-state index in [0.29, 0.717) is 12.4 Å². The van der Waals surface area contributed by atoms with Crippen molar-refractivity contribution < 1.29 is 9.53 Å². The molecule has 1 fully saturated rings. The minimum absolute atomic E-state index is 0.147. The van der Waals surface area contributed by atoms with Gasteiger partial charge in [-0.2, -0.15) is 0 Å². The molecule has 110 valence electrons. The summed E-state index contributed by atoms with van der Waals surface area (Å²) in [4.78, 5) is 11.5. The lowest BCUT2D eigenvalue weighted by Gasteiger charge is -2.09. The van der Waals surface area contributed by atoms with Crippen LogP contribution < -0.4 is 10.1 Å². The predicted octanol–water partition coefficient (Wildman–Crippen LogP) is 2.94. The highest BCUT2D eigenvalue weighted by Gasteiger charge is 2.21. The summed E-state index contributed by atoms with van der Waals surface area (Å²) in [6.45, 7) is 5.61. The Balaban J connectivity index is 1.56. The van der Waals surface area contributed by atoms with Crippen molar-refractivity contribution in [2.45, 2.75) is 26.7 Å². The van der Waals surface area contributed by atoms with Gasteiger partial charge in [-0.05, 0) is 49.8 Å². The predicted molar refractivity (Wildman–Crippen MR) is 84.5 cm³/mol. The number of carbonyl (C=O) groups is 1. The largest absolute Gasteiger partial charge is 0.492 e. The highest BCUT2D eigenvalue weighted by molar-refractivity contribution is 7.99. The van der Waals surface area contributed by atoms with Gasteiger partial charge in [0.15, 0.2) is 0 Å². The van der Waals surface area contributed by atoms with Crippen LogP contribution in [0.3, 0.4) is 0 Å². The number of nitrogens with one attached hydrogen (secondary N) is 1. The second-order valence-corrected chi connectivity index (χ2v) is 6.52. The van der Waals surface area contributed by atoms with Crippen LogP contribution in [0.2, 0.25) is 0 Å². The van der Waals surface area contributed by atoms with Crippen molar-refractivity contribution in [1.29, 1.82) is 0 Å². The van der Waals surface area contributed by atoms with E-state index in [9.17, 15) is 4.79 Å². The maximum absolute atomic E-state index is 11.5. The lowest BCUT2D eigenvalue weighted by atomic mass is 10.1. The second kappa shape index (κ2) is 7.58. The number of aryl methyl sites for hydroxylation is 2. The van der Waals surface area contributed by atoms with Gasteiger partial charge in [0.1, 0.15) is 5.75 Å². The average Bonchev–Trinajstić information content (AvgIpc) is 3.24. The van der Waals surface area contributed by atoms with Crippen molar-refractivity contribution in [2.24, 2.45) is 5.92 Å². The van der Waals surface area contributed by atoms with Gasteiger partial charge < -0.3 is 10.1 Å².